The number of alkyl halides is 3. The molecule has 110 valence electrons. The minimum atomic E-state index is -4.05. The molecule has 20 heavy (non-hydrogen) atoms. The van der Waals surface area contributed by atoms with Gasteiger partial charge >= 0.3 is 6.18 Å². The van der Waals surface area contributed by atoms with Crippen molar-refractivity contribution in [2.75, 3.05) is 13.1 Å². The minimum absolute atomic E-state index is 0.202. The van der Waals surface area contributed by atoms with Gasteiger partial charge in [0.2, 0.25) is 0 Å². The van der Waals surface area contributed by atoms with Crippen molar-refractivity contribution in [3.63, 3.8) is 0 Å². The number of nitrogens with zero attached hydrogens (tertiary/aromatic N) is 1. The maximum absolute atomic E-state index is 12.7. The van der Waals surface area contributed by atoms with Gasteiger partial charge in [-0.3, -0.25) is 4.90 Å². The molecule has 1 aromatic carbocycles. The van der Waals surface area contributed by atoms with Gasteiger partial charge in [-0.05, 0) is 62.0 Å². The minimum Gasteiger partial charge on any atom is -0.508 e. The zero-order chi connectivity index (χ0) is 14.3. The summed E-state index contributed by atoms with van der Waals surface area (Å²) in [5, 5.41) is 9.48. The van der Waals surface area contributed by atoms with Gasteiger partial charge in [0.25, 0.3) is 0 Å². The Morgan fingerprint density at radius 2 is 1.80 bits per heavy atom. The number of halogens is 3. The molecule has 1 aromatic rings. The van der Waals surface area contributed by atoms with Crippen LogP contribution in [0, 0.1) is 5.92 Å². The molecule has 1 atom stereocenters. The molecule has 0 saturated carbocycles. The van der Waals surface area contributed by atoms with Crippen molar-refractivity contribution in [2.45, 2.75) is 37.9 Å². The molecular weight excluding hydrogens is 267 g/mol. The molecule has 2 aliphatic rings. The largest absolute Gasteiger partial charge is 0.508 e. The fraction of sp³-hybridized carbons (Fsp3) is 0.600. The Labute approximate surface area is 116 Å². The van der Waals surface area contributed by atoms with Crippen LogP contribution in [0.15, 0.2) is 18.2 Å². The quantitative estimate of drug-likeness (QED) is 0.851. The lowest BCUT2D eigenvalue weighted by Gasteiger charge is -2.37. The Morgan fingerprint density at radius 3 is 2.45 bits per heavy atom. The van der Waals surface area contributed by atoms with Gasteiger partial charge in [-0.2, -0.15) is 13.2 Å². The van der Waals surface area contributed by atoms with Gasteiger partial charge in [-0.25, -0.2) is 0 Å². The monoisotopic (exact) mass is 285 g/mol. The summed E-state index contributed by atoms with van der Waals surface area (Å²) in [6.07, 6.45) is -1.81. The maximum atomic E-state index is 12.7. The first-order chi connectivity index (χ1) is 9.45. The van der Waals surface area contributed by atoms with Crippen molar-refractivity contribution in [3.8, 4) is 5.75 Å². The van der Waals surface area contributed by atoms with Crippen LogP contribution in [0.25, 0.3) is 0 Å². The number of hydrogen-bond donors (Lipinski definition) is 1. The average molecular weight is 285 g/mol. The lowest BCUT2D eigenvalue weighted by molar-refractivity contribution is -0.186. The summed E-state index contributed by atoms with van der Waals surface area (Å²) < 4.78 is 38.0. The predicted molar refractivity (Wildman–Crippen MR) is 69.5 cm³/mol. The van der Waals surface area contributed by atoms with Crippen molar-refractivity contribution in [3.05, 3.63) is 29.3 Å². The smallest absolute Gasteiger partial charge is 0.391 e. The first-order valence-electron chi connectivity index (χ1n) is 7.07. The Hall–Kier alpha value is -1.23. The Morgan fingerprint density at radius 1 is 1.10 bits per heavy atom. The van der Waals surface area contributed by atoms with E-state index in [0.29, 0.717) is 13.1 Å². The predicted octanol–water partition coefficient (Wildman–Crippen LogP) is 3.65. The van der Waals surface area contributed by atoms with Crippen molar-refractivity contribution < 1.29 is 18.3 Å². The first kappa shape index (κ1) is 13.7. The van der Waals surface area contributed by atoms with E-state index >= 15 is 0 Å². The van der Waals surface area contributed by atoms with Gasteiger partial charge in [0.1, 0.15) is 5.75 Å². The number of likely N-dealkylation sites (tertiary alicyclic amines) is 1. The third kappa shape index (κ3) is 2.51. The lowest BCUT2D eigenvalue weighted by Crippen LogP contribution is -2.40. The van der Waals surface area contributed by atoms with Crippen LogP contribution < -0.4 is 0 Å². The zero-order valence-electron chi connectivity index (χ0n) is 11.2. The first-order valence-corrected chi connectivity index (χ1v) is 7.07. The fourth-order valence-electron chi connectivity index (χ4n) is 3.50. The molecule has 2 nitrogen and oxygen atoms in total. The summed E-state index contributed by atoms with van der Waals surface area (Å²) in [5.74, 6) is -0.875. The van der Waals surface area contributed by atoms with Crippen LogP contribution in [-0.2, 0) is 6.42 Å². The van der Waals surface area contributed by atoms with Crippen molar-refractivity contribution in [1.29, 1.82) is 0 Å². The topological polar surface area (TPSA) is 23.5 Å². The molecule has 0 bridgehead atoms. The SMILES string of the molecule is Oc1ccc2c(c1)CCC2N1CCC(C(F)(F)F)CC1. The number of piperidine rings is 1. The molecule has 0 amide bonds. The number of phenolic OH excluding ortho intramolecular Hbond substituents is 1. The van der Waals surface area contributed by atoms with Crippen LogP contribution in [0.4, 0.5) is 13.2 Å². The van der Waals surface area contributed by atoms with Crippen LogP contribution in [0.5, 0.6) is 5.75 Å². The van der Waals surface area contributed by atoms with E-state index in [1.807, 2.05) is 6.07 Å². The number of rotatable bonds is 1. The van der Waals surface area contributed by atoms with Crippen LogP contribution in [0.2, 0.25) is 0 Å². The maximum Gasteiger partial charge on any atom is 0.391 e. The van der Waals surface area contributed by atoms with Gasteiger partial charge in [0, 0.05) is 6.04 Å². The average Bonchev–Trinajstić information content (AvgIpc) is 2.80. The molecule has 5 heteroatoms. The number of benzene rings is 1. The van der Waals surface area contributed by atoms with Crippen LogP contribution in [0.1, 0.15) is 36.4 Å². The summed E-state index contributed by atoms with van der Waals surface area (Å²) in [4.78, 5) is 2.17. The summed E-state index contributed by atoms with van der Waals surface area (Å²) >= 11 is 0. The van der Waals surface area contributed by atoms with E-state index in [1.54, 1.807) is 12.1 Å². The summed E-state index contributed by atoms with van der Waals surface area (Å²) in [7, 11) is 0. The molecule has 1 aliphatic heterocycles. The number of phenols is 1. The number of aromatic hydroxyl groups is 1. The Bertz CT molecular complexity index is 492. The van der Waals surface area contributed by atoms with E-state index in [1.165, 1.54) is 5.56 Å². The highest BCUT2D eigenvalue weighted by atomic mass is 19.4. The third-order valence-electron chi connectivity index (χ3n) is 4.61. The van der Waals surface area contributed by atoms with Crippen LogP contribution >= 0.6 is 0 Å². The van der Waals surface area contributed by atoms with Gasteiger partial charge < -0.3 is 5.11 Å². The third-order valence-corrected chi connectivity index (χ3v) is 4.61. The van der Waals surface area contributed by atoms with E-state index < -0.39 is 12.1 Å². The molecule has 1 heterocycles. The highest BCUT2D eigenvalue weighted by molar-refractivity contribution is 5.40. The zero-order valence-corrected chi connectivity index (χ0v) is 11.2. The van der Waals surface area contributed by atoms with Crippen molar-refractivity contribution in [1.82, 2.24) is 4.90 Å². The Kier molecular flexibility index (Phi) is 3.40. The van der Waals surface area contributed by atoms with E-state index in [-0.39, 0.29) is 24.6 Å². The molecular formula is C15H18F3NO. The molecule has 0 spiro atoms. The normalized spacial score (nSPS) is 24.9. The van der Waals surface area contributed by atoms with Crippen LogP contribution in [0.3, 0.4) is 0 Å². The number of fused-ring (bicyclic) bond motifs is 1. The highest BCUT2D eigenvalue weighted by Gasteiger charge is 2.42. The van der Waals surface area contributed by atoms with E-state index in [4.69, 9.17) is 0 Å². The van der Waals surface area contributed by atoms with Crippen LogP contribution in [-0.4, -0.2) is 29.3 Å². The summed E-state index contributed by atoms with van der Waals surface area (Å²) in [6.45, 7) is 1.02. The second-order valence-electron chi connectivity index (χ2n) is 5.79. The van der Waals surface area contributed by atoms with Gasteiger partial charge in [0.05, 0.1) is 5.92 Å². The van der Waals surface area contributed by atoms with Crippen molar-refractivity contribution >= 4 is 0 Å². The van der Waals surface area contributed by atoms with Gasteiger partial charge in [-0.1, -0.05) is 6.07 Å². The summed E-state index contributed by atoms with van der Waals surface area (Å²) in [5.41, 5.74) is 2.31. The molecule has 0 aromatic heterocycles. The molecule has 1 N–H and O–H groups in total. The van der Waals surface area contributed by atoms with E-state index in [0.717, 1.165) is 18.4 Å². The second-order valence-corrected chi connectivity index (χ2v) is 5.79. The molecule has 1 unspecified atom stereocenters. The van der Waals surface area contributed by atoms with Crippen molar-refractivity contribution in [2.24, 2.45) is 5.92 Å². The lowest BCUT2D eigenvalue weighted by atomic mass is 9.94. The highest BCUT2D eigenvalue weighted by Crippen LogP contribution is 2.41. The number of hydrogen-bond acceptors (Lipinski definition) is 2. The van der Waals surface area contributed by atoms with E-state index in [9.17, 15) is 18.3 Å². The molecule has 1 aliphatic carbocycles. The van der Waals surface area contributed by atoms with E-state index in [2.05, 4.69) is 4.90 Å². The standard InChI is InChI=1S/C15H18F3NO/c16-15(17,18)11-5-7-19(8-6-11)14-4-1-10-9-12(20)2-3-13(10)14/h2-3,9,11,14,20H,1,4-8H2. The molecule has 1 saturated heterocycles. The molecule has 3 rings (SSSR count). The molecule has 1 fully saturated rings. The summed E-state index contributed by atoms with van der Waals surface area (Å²) in [6, 6.07) is 5.58. The van der Waals surface area contributed by atoms with Gasteiger partial charge in [0.15, 0.2) is 0 Å². The van der Waals surface area contributed by atoms with Gasteiger partial charge in [-0.15, -0.1) is 0 Å². The number of aryl methyl sites for hydroxylation is 1. The fourth-order valence-corrected chi connectivity index (χ4v) is 3.50. The second kappa shape index (κ2) is 4.95. The Balaban J connectivity index is 1.69. The molecule has 0 radical (unpaired) electrons.